The first-order valence-electron chi connectivity index (χ1n) is 6.61. The minimum absolute atomic E-state index is 0. The number of nitrogens with two attached hydrogens (primary N) is 1. The van der Waals surface area contributed by atoms with Crippen LogP contribution in [0.5, 0.6) is 0 Å². The van der Waals surface area contributed by atoms with Gasteiger partial charge >= 0.3 is 5.97 Å². The molecule has 1 aromatic carbocycles. The maximum Gasteiger partial charge on any atom is 0.337 e. The molecule has 21 heavy (non-hydrogen) atoms. The molecule has 0 bridgehead atoms. The van der Waals surface area contributed by atoms with Crippen molar-refractivity contribution in [3.05, 3.63) is 29.3 Å². The molecule has 1 atom stereocenters. The number of esters is 1. The summed E-state index contributed by atoms with van der Waals surface area (Å²) in [5.41, 5.74) is 6.89. The average Bonchev–Trinajstić information content (AvgIpc) is 2.40. The van der Waals surface area contributed by atoms with Crippen LogP contribution in [-0.2, 0) is 9.53 Å². The van der Waals surface area contributed by atoms with Gasteiger partial charge in [-0.05, 0) is 38.0 Å². The summed E-state index contributed by atoms with van der Waals surface area (Å²) in [6.07, 6.45) is 1.41. The number of ether oxygens (including phenoxy) is 1. The third-order valence-corrected chi connectivity index (χ3v) is 3.19. The predicted molar refractivity (Wildman–Crippen MR) is 85.9 cm³/mol. The van der Waals surface area contributed by atoms with Crippen LogP contribution in [0.1, 0.15) is 42.6 Å². The largest absolute Gasteiger partial charge is 0.465 e. The van der Waals surface area contributed by atoms with Gasteiger partial charge in [-0.2, -0.15) is 0 Å². The first-order chi connectivity index (χ1) is 9.31. The molecule has 0 fully saturated rings. The monoisotopic (exact) mass is 314 g/mol. The highest BCUT2D eigenvalue weighted by Gasteiger charge is 2.27. The van der Waals surface area contributed by atoms with E-state index in [4.69, 9.17) is 5.73 Å². The molecule has 5 nitrogen and oxygen atoms in total. The van der Waals surface area contributed by atoms with E-state index in [0.29, 0.717) is 17.7 Å². The number of halogens is 1. The standard InChI is InChI=1S/C15H22N2O3.ClH/c1-5-8-15(3,16)14(19)17-12-9-11(13(18)20-4)7-6-10(12)2;/h6-7,9H,5,8,16H2,1-4H3,(H,17,19);1H. The van der Waals surface area contributed by atoms with Gasteiger partial charge in [0, 0.05) is 5.69 Å². The van der Waals surface area contributed by atoms with Crippen molar-refractivity contribution in [2.45, 2.75) is 39.2 Å². The first-order valence-corrected chi connectivity index (χ1v) is 6.61. The van der Waals surface area contributed by atoms with Crippen LogP contribution in [0.3, 0.4) is 0 Å². The molecule has 0 aromatic heterocycles. The van der Waals surface area contributed by atoms with Gasteiger partial charge in [0.25, 0.3) is 0 Å². The molecule has 0 spiro atoms. The number of anilines is 1. The van der Waals surface area contributed by atoms with E-state index >= 15 is 0 Å². The number of hydrogen-bond acceptors (Lipinski definition) is 4. The van der Waals surface area contributed by atoms with Crippen LogP contribution >= 0.6 is 12.4 Å². The molecule has 0 saturated heterocycles. The number of nitrogens with one attached hydrogen (secondary N) is 1. The third kappa shape index (κ3) is 5.02. The lowest BCUT2D eigenvalue weighted by Crippen LogP contribution is -2.48. The zero-order valence-corrected chi connectivity index (χ0v) is 13.7. The maximum atomic E-state index is 12.2. The van der Waals surface area contributed by atoms with E-state index in [1.807, 2.05) is 13.8 Å². The smallest absolute Gasteiger partial charge is 0.337 e. The van der Waals surface area contributed by atoms with E-state index in [-0.39, 0.29) is 18.3 Å². The highest BCUT2D eigenvalue weighted by atomic mass is 35.5. The predicted octanol–water partition coefficient (Wildman–Crippen LogP) is 2.66. The summed E-state index contributed by atoms with van der Waals surface area (Å²) in [4.78, 5) is 23.7. The maximum absolute atomic E-state index is 12.2. The van der Waals surface area contributed by atoms with Crippen molar-refractivity contribution in [3.8, 4) is 0 Å². The first kappa shape index (κ1) is 19.4. The molecule has 1 rings (SSSR count). The van der Waals surface area contributed by atoms with Gasteiger partial charge in [-0.25, -0.2) is 4.79 Å². The molecule has 0 heterocycles. The molecule has 0 saturated carbocycles. The molecule has 1 unspecified atom stereocenters. The lowest BCUT2D eigenvalue weighted by molar-refractivity contribution is -0.120. The molecule has 0 aliphatic heterocycles. The summed E-state index contributed by atoms with van der Waals surface area (Å²) in [7, 11) is 1.32. The van der Waals surface area contributed by atoms with Crippen molar-refractivity contribution in [1.82, 2.24) is 0 Å². The van der Waals surface area contributed by atoms with Gasteiger partial charge < -0.3 is 15.8 Å². The number of methoxy groups -OCH3 is 1. The molecule has 118 valence electrons. The molecule has 3 N–H and O–H groups in total. The third-order valence-electron chi connectivity index (χ3n) is 3.19. The highest BCUT2D eigenvalue weighted by Crippen LogP contribution is 2.20. The summed E-state index contributed by atoms with van der Waals surface area (Å²) in [6.45, 7) is 5.52. The van der Waals surface area contributed by atoms with Crippen molar-refractivity contribution in [3.63, 3.8) is 0 Å². The number of carbonyl (C=O) groups is 2. The highest BCUT2D eigenvalue weighted by molar-refractivity contribution is 5.99. The Morgan fingerprint density at radius 1 is 1.38 bits per heavy atom. The van der Waals surface area contributed by atoms with Crippen molar-refractivity contribution in [2.75, 3.05) is 12.4 Å². The van der Waals surface area contributed by atoms with Gasteiger partial charge in [-0.15, -0.1) is 12.4 Å². The Kier molecular flexibility index (Phi) is 7.39. The number of rotatable bonds is 5. The molecule has 6 heteroatoms. The SMILES string of the molecule is CCCC(C)(N)C(=O)Nc1cc(C(=O)OC)ccc1C.Cl. The van der Waals surface area contributed by atoms with Gasteiger partial charge in [0.2, 0.25) is 5.91 Å². The van der Waals surface area contributed by atoms with Crippen LogP contribution < -0.4 is 11.1 Å². The van der Waals surface area contributed by atoms with E-state index < -0.39 is 11.5 Å². The van der Waals surface area contributed by atoms with Crippen molar-refractivity contribution in [1.29, 1.82) is 0 Å². The Balaban J connectivity index is 0.00000400. The van der Waals surface area contributed by atoms with E-state index in [9.17, 15) is 9.59 Å². The Bertz CT molecular complexity index is 516. The molecular weight excluding hydrogens is 292 g/mol. The van der Waals surface area contributed by atoms with Crippen molar-refractivity contribution < 1.29 is 14.3 Å². The molecule has 0 radical (unpaired) electrons. The fourth-order valence-electron chi connectivity index (χ4n) is 1.90. The average molecular weight is 315 g/mol. The van der Waals surface area contributed by atoms with Gasteiger partial charge in [-0.3, -0.25) is 4.79 Å². The van der Waals surface area contributed by atoms with Crippen LogP contribution in [0.25, 0.3) is 0 Å². The van der Waals surface area contributed by atoms with Crippen molar-refractivity contribution in [2.24, 2.45) is 5.73 Å². The lowest BCUT2D eigenvalue weighted by Gasteiger charge is -2.23. The van der Waals surface area contributed by atoms with Gasteiger partial charge in [0.05, 0.1) is 18.2 Å². The molecule has 0 aliphatic carbocycles. The fraction of sp³-hybridized carbons (Fsp3) is 0.467. The van der Waals surface area contributed by atoms with Crippen molar-refractivity contribution >= 4 is 30.0 Å². The number of aryl methyl sites for hydroxylation is 1. The molecule has 1 aromatic rings. The van der Waals surface area contributed by atoms with Gasteiger partial charge in [0.1, 0.15) is 0 Å². The number of hydrogen-bond donors (Lipinski definition) is 2. The fourth-order valence-corrected chi connectivity index (χ4v) is 1.90. The number of benzene rings is 1. The zero-order chi connectivity index (χ0) is 15.3. The molecule has 1 amide bonds. The van der Waals surface area contributed by atoms with E-state index in [1.165, 1.54) is 7.11 Å². The van der Waals surface area contributed by atoms with E-state index in [1.54, 1.807) is 25.1 Å². The van der Waals surface area contributed by atoms with Crippen LogP contribution in [0.15, 0.2) is 18.2 Å². The van der Waals surface area contributed by atoms with Crippen LogP contribution in [0.4, 0.5) is 5.69 Å². The second kappa shape index (κ2) is 8.00. The summed E-state index contributed by atoms with van der Waals surface area (Å²) in [6, 6.07) is 5.02. The minimum Gasteiger partial charge on any atom is -0.465 e. The van der Waals surface area contributed by atoms with Crippen LogP contribution in [0.2, 0.25) is 0 Å². The van der Waals surface area contributed by atoms with E-state index in [0.717, 1.165) is 12.0 Å². The van der Waals surface area contributed by atoms with E-state index in [2.05, 4.69) is 10.1 Å². The zero-order valence-electron chi connectivity index (χ0n) is 12.9. The lowest BCUT2D eigenvalue weighted by atomic mass is 9.96. The topological polar surface area (TPSA) is 81.4 Å². The normalized spacial score (nSPS) is 12.8. The molecular formula is C15H23ClN2O3. The van der Waals surface area contributed by atoms with Gasteiger partial charge in [0.15, 0.2) is 0 Å². The Morgan fingerprint density at radius 2 is 2.00 bits per heavy atom. The summed E-state index contributed by atoms with van der Waals surface area (Å²) in [5, 5.41) is 2.78. The van der Waals surface area contributed by atoms with Gasteiger partial charge in [-0.1, -0.05) is 19.4 Å². The van der Waals surface area contributed by atoms with Crippen LogP contribution in [-0.4, -0.2) is 24.5 Å². The summed E-state index contributed by atoms with van der Waals surface area (Å²) < 4.78 is 4.67. The Labute approximate surface area is 131 Å². The summed E-state index contributed by atoms with van der Waals surface area (Å²) >= 11 is 0. The Morgan fingerprint density at radius 3 is 2.52 bits per heavy atom. The minimum atomic E-state index is -0.928. The number of amides is 1. The van der Waals surface area contributed by atoms with Crippen LogP contribution in [0, 0.1) is 6.92 Å². The molecule has 0 aliphatic rings. The quantitative estimate of drug-likeness (QED) is 0.819. The summed E-state index contributed by atoms with van der Waals surface area (Å²) in [5.74, 6) is -0.700. The Hall–Kier alpha value is -1.59. The second-order valence-electron chi connectivity index (χ2n) is 5.14. The second-order valence-corrected chi connectivity index (χ2v) is 5.14. The number of carbonyl (C=O) groups excluding carboxylic acids is 2.